The smallest absolute Gasteiger partial charge is 0.224 e. The van der Waals surface area contributed by atoms with Crippen molar-refractivity contribution < 1.29 is 9.21 Å². The average Bonchev–Trinajstić information content (AvgIpc) is 3.11. The lowest BCUT2D eigenvalue weighted by Crippen LogP contribution is -2.13. The SMILES string of the molecule is Cc1nc(CCC(=O)Nc2c(C)n[nH]c2C)oc1-c1ccccc1. The molecule has 0 aliphatic heterocycles. The molecule has 24 heavy (non-hydrogen) atoms. The Morgan fingerprint density at radius 2 is 1.92 bits per heavy atom. The van der Waals surface area contributed by atoms with Gasteiger partial charge in [0.1, 0.15) is 0 Å². The number of aromatic amines is 1. The van der Waals surface area contributed by atoms with Crippen LogP contribution in [0.5, 0.6) is 0 Å². The largest absolute Gasteiger partial charge is 0.440 e. The molecule has 3 aromatic rings. The number of rotatable bonds is 5. The van der Waals surface area contributed by atoms with Crippen LogP contribution in [0.25, 0.3) is 11.3 Å². The molecule has 1 amide bonds. The fraction of sp³-hybridized carbons (Fsp3) is 0.278. The van der Waals surface area contributed by atoms with E-state index in [0.29, 0.717) is 18.7 Å². The quantitative estimate of drug-likeness (QED) is 0.751. The van der Waals surface area contributed by atoms with Crippen LogP contribution >= 0.6 is 0 Å². The molecule has 6 heteroatoms. The molecule has 0 unspecified atom stereocenters. The normalized spacial score (nSPS) is 10.8. The summed E-state index contributed by atoms with van der Waals surface area (Å²) in [6.45, 7) is 5.63. The third-order valence-corrected chi connectivity index (χ3v) is 3.84. The Balaban J connectivity index is 1.64. The van der Waals surface area contributed by atoms with E-state index in [9.17, 15) is 4.79 Å². The number of aryl methyl sites for hydroxylation is 4. The van der Waals surface area contributed by atoms with Crippen molar-refractivity contribution in [1.29, 1.82) is 0 Å². The lowest BCUT2D eigenvalue weighted by molar-refractivity contribution is -0.116. The molecule has 0 spiro atoms. The number of hydrogen-bond donors (Lipinski definition) is 2. The molecule has 2 heterocycles. The van der Waals surface area contributed by atoms with E-state index < -0.39 is 0 Å². The second-order valence-electron chi connectivity index (χ2n) is 5.75. The van der Waals surface area contributed by atoms with Gasteiger partial charge in [0.25, 0.3) is 0 Å². The van der Waals surface area contributed by atoms with E-state index in [0.717, 1.165) is 34.1 Å². The number of aromatic nitrogens is 3. The van der Waals surface area contributed by atoms with Gasteiger partial charge in [0.2, 0.25) is 5.91 Å². The molecule has 0 bridgehead atoms. The minimum atomic E-state index is -0.0836. The predicted molar refractivity (Wildman–Crippen MR) is 91.7 cm³/mol. The minimum absolute atomic E-state index is 0.0836. The number of carbonyl (C=O) groups excluding carboxylic acids is 1. The van der Waals surface area contributed by atoms with Gasteiger partial charge < -0.3 is 9.73 Å². The van der Waals surface area contributed by atoms with Gasteiger partial charge in [-0.15, -0.1) is 0 Å². The molecular formula is C18H20N4O2. The Labute approximate surface area is 140 Å². The van der Waals surface area contributed by atoms with Gasteiger partial charge in [-0.05, 0) is 20.8 Å². The number of H-pyrrole nitrogens is 1. The number of nitrogens with one attached hydrogen (secondary N) is 2. The molecule has 0 radical (unpaired) electrons. The molecule has 124 valence electrons. The summed E-state index contributed by atoms with van der Waals surface area (Å²) in [7, 11) is 0. The molecule has 2 aromatic heterocycles. The summed E-state index contributed by atoms with van der Waals surface area (Å²) < 4.78 is 5.82. The average molecular weight is 324 g/mol. The van der Waals surface area contributed by atoms with E-state index >= 15 is 0 Å². The van der Waals surface area contributed by atoms with Crippen LogP contribution < -0.4 is 5.32 Å². The van der Waals surface area contributed by atoms with Crippen LogP contribution in [0.4, 0.5) is 5.69 Å². The van der Waals surface area contributed by atoms with Crippen LogP contribution in [0, 0.1) is 20.8 Å². The molecule has 0 atom stereocenters. The highest BCUT2D eigenvalue weighted by Crippen LogP contribution is 2.24. The predicted octanol–water partition coefficient (Wildman–Crippen LogP) is 3.56. The van der Waals surface area contributed by atoms with Crippen LogP contribution in [0.15, 0.2) is 34.7 Å². The van der Waals surface area contributed by atoms with E-state index in [-0.39, 0.29) is 5.91 Å². The van der Waals surface area contributed by atoms with Crippen molar-refractivity contribution in [2.75, 3.05) is 5.32 Å². The van der Waals surface area contributed by atoms with Gasteiger partial charge in [-0.1, -0.05) is 30.3 Å². The standard InChI is InChI=1S/C18H20N4O2/c1-11-17(12(2)22-21-11)20-15(23)9-10-16-19-13(3)18(24-16)14-7-5-4-6-8-14/h4-8H,9-10H2,1-3H3,(H,20,23)(H,21,22). The Morgan fingerprint density at radius 3 is 2.58 bits per heavy atom. The fourth-order valence-corrected chi connectivity index (χ4v) is 2.57. The zero-order chi connectivity index (χ0) is 17.1. The first-order valence-electron chi connectivity index (χ1n) is 7.87. The summed E-state index contributed by atoms with van der Waals surface area (Å²) in [5, 5.41) is 9.79. The van der Waals surface area contributed by atoms with E-state index in [1.807, 2.05) is 51.1 Å². The number of anilines is 1. The monoisotopic (exact) mass is 324 g/mol. The van der Waals surface area contributed by atoms with Crippen LogP contribution in [0.1, 0.15) is 29.4 Å². The van der Waals surface area contributed by atoms with E-state index in [1.165, 1.54) is 0 Å². The zero-order valence-corrected chi connectivity index (χ0v) is 14.0. The van der Waals surface area contributed by atoms with Gasteiger partial charge >= 0.3 is 0 Å². The summed E-state index contributed by atoms with van der Waals surface area (Å²) in [4.78, 5) is 16.6. The lowest BCUT2D eigenvalue weighted by Gasteiger charge is -2.04. The summed E-state index contributed by atoms with van der Waals surface area (Å²) in [5.41, 5.74) is 4.19. The number of carbonyl (C=O) groups is 1. The van der Waals surface area contributed by atoms with Crippen LogP contribution in [0.3, 0.4) is 0 Å². The van der Waals surface area contributed by atoms with Crippen molar-refractivity contribution in [3.8, 4) is 11.3 Å². The Morgan fingerprint density at radius 1 is 1.17 bits per heavy atom. The molecule has 2 N–H and O–H groups in total. The van der Waals surface area contributed by atoms with Crippen molar-refractivity contribution >= 4 is 11.6 Å². The number of amides is 1. The van der Waals surface area contributed by atoms with Crippen LogP contribution in [0.2, 0.25) is 0 Å². The maximum atomic E-state index is 12.1. The first-order chi connectivity index (χ1) is 11.5. The molecule has 3 rings (SSSR count). The molecule has 0 fully saturated rings. The Hall–Kier alpha value is -2.89. The van der Waals surface area contributed by atoms with Gasteiger partial charge in [-0.2, -0.15) is 5.10 Å². The number of oxazole rings is 1. The first kappa shape index (κ1) is 16.0. The molecule has 0 saturated carbocycles. The third-order valence-electron chi connectivity index (χ3n) is 3.84. The molecular weight excluding hydrogens is 304 g/mol. The van der Waals surface area contributed by atoms with E-state index in [4.69, 9.17) is 4.42 Å². The highest BCUT2D eigenvalue weighted by Gasteiger charge is 2.14. The van der Waals surface area contributed by atoms with Gasteiger partial charge in [-0.25, -0.2) is 4.98 Å². The second kappa shape index (κ2) is 6.70. The van der Waals surface area contributed by atoms with Gasteiger partial charge in [0.15, 0.2) is 11.7 Å². The fourth-order valence-electron chi connectivity index (χ4n) is 2.57. The number of hydrogen-bond acceptors (Lipinski definition) is 4. The van der Waals surface area contributed by atoms with Crippen LogP contribution in [-0.4, -0.2) is 21.1 Å². The van der Waals surface area contributed by atoms with E-state index in [2.05, 4.69) is 20.5 Å². The number of nitrogens with zero attached hydrogens (tertiary/aromatic N) is 2. The summed E-state index contributed by atoms with van der Waals surface area (Å²) in [6.07, 6.45) is 0.758. The molecule has 1 aromatic carbocycles. The van der Waals surface area contributed by atoms with Crippen molar-refractivity contribution in [2.45, 2.75) is 33.6 Å². The minimum Gasteiger partial charge on any atom is -0.440 e. The number of benzene rings is 1. The first-order valence-corrected chi connectivity index (χ1v) is 7.87. The van der Waals surface area contributed by atoms with Gasteiger partial charge in [0.05, 0.1) is 22.8 Å². The summed E-state index contributed by atoms with van der Waals surface area (Å²) in [5.74, 6) is 1.24. The van der Waals surface area contributed by atoms with Crippen LogP contribution in [-0.2, 0) is 11.2 Å². The van der Waals surface area contributed by atoms with Crippen molar-refractivity contribution in [3.63, 3.8) is 0 Å². The lowest BCUT2D eigenvalue weighted by atomic mass is 10.1. The van der Waals surface area contributed by atoms with Gasteiger partial charge in [0, 0.05) is 18.4 Å². The third kappa shape index (κ3) is 3.37. The highest BCUT2D eigenvalue weighted by atomic mass is 16.4. The Bertz CT molecular complexity index is 830. The van der Waals surface area contributed by atoms with Crippen molar-refractivity contribution in [2.24, 2.45) is 0 Å². The molecule has 0 saturated heterocycles. The zero-order valence-electron chi connectivity index (χ0n) is 14.0. The molecule has 0 aliphatic carbocycles. The summed E-state index contributed by atoms with van der Waals surface area (Å²) in [6, 6.07) is 9.84. The maximum Gasteiger partial charge on any atom is 0.224 e. The second-order valence-corrected chi connectivity index (χ2v) is 5.75. The van der Waals surface area contributed by atoms with Gasteiger partial charge in [-0.3, -0.25) is 9.89 Å². The van der Waals surface area contributed by atoms with Crippen molar-refractivity contribution in [3.05, 3.63) is 53.3 Å². The highest BCUT2D eigenvalue weighted by molar-refractivity contribution is 5.91. The van der Waals surface area contributed by atoms with E-state index in [1.54, 1.807) is 0 Å². The maximum absolute atomic E-state index is 12.1. The van der Waals surface area contributed by atoms with Crippen molar-refractivity contribution in [1.82, 2.24) is 15.2 Å². The molecule has 0 aliphatic rings. The molecule has 6 nitrogen and oxygen atoms in total. The topological polar surface area (TPSA) is 83.8 Å². The summed E-state index contributed by atoms with van der Waals surface area (Å²) >= 11 is 0. The Kier molecular flexibility index (Phi) is 4.46.